The first kappa shape index (κ1) is 12.2. The summed E-state index contributed by atoms with van der Waals surface area (Å²) in [4.78, 5) is 11.1. The first-order valence-electron chi connectivity index (χ1n) is 5.31. The lowest BCUT2D eigenvalue weighted by Crippen LogP contribution is -2.03. The maximum atomic E-state index is 11.1. The molecule has 0 radical (unpaired) electrons. The van der Waals surface area contributed by atoms with Crippen LogP contribution in [-0.2, 0) is 9.53 Å². The standard InChI is InChI=1S/C14H16O2/c1-2-3-11-14(15)16-12-7-10-13-8-5-4-6-9-13/h2,4-10H,1,3,11-12H2/b10-7+. The van der Waals surface area contributed by atoms with Crippen LogP contribution in [-0.4, -0.2) is 12.6 Å². The van der Waals surface area contributed by atoms with Crippen LogP contribution < -0.4 is 0 Å². The number of rotatable bonds is 6. The highest BCUT2D eigenvalue weighted by molar-refractivity contribution is 5.69. The molecule has 0 atom stereocenters. The molecule has 1 aromatic carbocycles. The fourth-order valence-corrected chi connectivity index (χ4v) is 1.18. The van der Waals surface area contributed by atoms with Crippen molar-refractivity contribution in [2.45, 2.75) is 12.8 Å². The molecule has 0 aliphatic carbocycles. The molecule has 0 fully saturated rings. The molecule has 0 unspecified atom stereocenters. The highest BCUT2D eigenvalue weighted by atomic mass is 16.5. The zero-order valence-corrected chi connectivity index (χ0v) is 9.26. The van der Waals surface area contributed by atoms with Gasteiger partial charge in [0.2, 0.25) is 0 Å². The van der Waals surface area contributed by atoms with Gasteiger partial charge in [0.15, 0.2) is 0 Å². The van der Waals surface area contributed by atoms with E-state index in [0.717, 1.165) is 5.56 Å². The second-order valence-electron chi connectivity index (χ2n) is 3.32. The van der Waals surface area contributed by atoms with E-state index in [1.165, 1.54) is 0 Å². The van der Waals surface area contributed by atoms with Crippen molar-refractivity contribution in [1.29, 1.82) is 0 Å². The molecule has 2 heteroatoms. The van der Waals surface area contributed by atoms with Crippen molar-refractivity contribution in [3.05, 3.63) is 54.6 Å². The molecule has 0 aromatic heterocycles. The second kappa shape index (κ2) is 7.46. The highest BCUT2D eigenvalue weighted by Crippen LogP contribution is 2.01. The Hall–Kier alpha value is -1.83. The van der Waals surface area contributed by atoms with E-state index in [9.17, 15) is 4.79 Å². The van der Waals surface area contributed by atoms with Gasteiger partial charge in [-0.2, -0.15) is 0 Å². The first-order chi connectivity index (χ1) is 7.83. The molecule has 0 heterocycles. The third-order valence-corrected chi connectivity index (χ3v) is 2.00. The van der Waals surface area contributed by atoms with Gasteiger partial charge in [0.05, 0.1) is 0 Å². The van der Waals surface area contributed by atoms with Crippen LogP contribution >= 0.6 is 0 Å². The molecule has 0 spiro atoms. The van der Waals surface area contributed by atoms with E-state index in [1.807, 2.05) is 42.5 Å². The van der Waals surface area contributed by atoms with Gasteiger partial charge in [0.25, 0.3) is 0 Å². The summed E-state index contributed by atoms with van der Waals surface area (Å²) in [5.74, 6) is -0.183. The average molecular weight is 216 g/mol. The summed E-state index contributed by atoms with van der Waals surface area (Å²) in [6, 6.07) is 9.89. The van der Waals surface area contributed by atoms with E-state index >= 15 is 0 Å². The minimum Gasteiger partial charge on any atom is -0.461 e. The zero-order chi connectivity index (χ0) is 11.6. The normalized spacial score (nSPS) is 10.2. The van der Waals surface area contributed by atoms with Crippen LogP contribution in [0.2, 0.25) is 0 Å². The van der Waals surface area contributed by atoms with E-state index in [2.05, 4.69) is 6.58 Å². The molecule has 84 valence electrons. The van der Waals surface area contributed by atoms with E-state index in [1.54, 1.807) is 6.08 Å². The molecule has 0 aliphatic rings. The van der Waals surface area contributed by atoms with Crippen molar-refractivity contribution in [3.8, 4) is 0 Å². The van der Waals surface area contributed by atoms with Gasteiger partial charge >= 0.3 is 5.97 Å². The van der Waals surface area contributed by atoms with Crippen LogP contribution in [0.25, 0.3) is 6.08 Å². The minimum absolute atomic E-state index is 0.183. The van der Waals surface area contributed by atoms with Crippen molar-refractivity contribution in [2.24, 2.45) is 0 Å². The van der Waals surface area contributed by atoms with Gasteiger partial charge in [0.1, 0.15) is 6.61 Å². The van der Waals surface area contributed by atoms with E-state index in [4.69, 9.17) is 4.74 Å². The quantitative estimate of drug-likeness (QED) is 0.539. The van der Waals surface area contributed by atoms with Crippen molar-refractivity contribution >= 4 is 12.0 Å². The van der Waals surface area contributed by atoms with Gasteiger partial charge in [-0.05, 0) is 18.1 Å². The first-order valence-corrected chi connectivity index (χ1v) is 5.31. The number of ether oxygens (including phenoxy) is 1. The van der Waals surface area contributed by atoms with Crippen LogP contribution in [0.15, 0.2) is 49.1 Å². The van der Waals surface area contributed by atoms with Crippen LogP contribution in [0.5, 0.6) is 0 Å². The van der Waals surface area contributed by atoms with Gasteiger partial charge in [-0.15, -0.1) is 6.58 Å². The second-order valence-corrected chi connectivity index (χ2v) is 3.32. The molecule has 0 saturated carbocycles. The summed E-state index contributed by atoms with van der Waals surface area (Å²) < 4.78 is 4.99. The number of hydrogen-bond acceptors (Lipinski definition) is 2. The highest BCUT2D eigenvalue weighted by Gasteiger charge is 1.97. The summed E-state index contributed by atoms with van der Waals surface area (Å²) >= 11 is 0. The van der Waals surface area contributed by atoms with Crippen LogP contribution in [0.1, 0.15) is 18.4 Å². The smallest absolute Gasteiger partial charge is 0.306 e. The maximum absolute atomic E-state index is 11.1. The summed E-state index contributed by atoms with van der Waals surface area (Å²) in [7, 11) is 0. The topological polar surface area (TPSA) is 26.3 Å². The molecular weight excluding hydrogens is 200 g/mol. The Morgan fingerprint density at radius 2 is 2.06 bits per heavy atom. The molecular formula is C14H16O2. The summed E-state index contributed by atoms with van der Waals surface area (Å²) in [6.07, 6.45) is 6.55. The Morgan fingerprint density at radius 1 is 1.31 bits per heavy atom. The Morgan fingerprint density at radius 3 is 2.75 bits per heavy atom. The van der Waals surface area contributed by atoms with Gasteiger partial charge in [-0.3, -0.25) is 4.79 Å². The predicted octanol–water partition coefficient (Wildman–Crippen LogP) is 3.21. The third-order valence-electron chi connectivity index (χ3n) is 2.00. The van der Waals surface area contributed by atoms with Crippen LogP contribution in [0.4, 0.5) is 0 Å². The molecule has 0 N–H and O–H groups in total. The van der Waals surface area contributed by atoms with Gasteiger partial charge in [0, 0.05) is 6.42 Å². The lowest BCUT2D eigenvalue weighted by Gasteiger charge is -1.99. The molecule has 0 aliphatic heterocycles. The third kappa shape index (κ3) is 5.15. The number of hydrogen-bond donors (Lipinski definition) is 0. The van der Waals surface area contributed by atoms with Crippen molar-refractivity contribution in [2.75, 3.05) is 6.61 Å². The largest absolute Gasteiger partial charge is 0.461 e. The van der Waals surface area contributed by atoms with Crippen molar-refractivity contribution in [1.82, 2.24) is 0 Å². The van der Waals surface area contributed by atoms with E-state index < -0.39 is 0 Å². The zero-order valence-electron chi connectivity index (χ0n) is 9.26. The molecule has 1 rings (SSSR count). The number of carbonyl (C=O) groups excluding carboxylic acids is 1. The molecule has 16 heavy (non-hydrogen) atoms. The SMILES string of the molecule is C=CCCC(=O)OC/C=C/c1ccccc1. The average Bonchev–Trinajstić information content (AvgIpc) is 2.33. The number of allylic oxidation sites excluding steroid dienone is 1. The van der Waals surface area contributed by atoms with Crippen molar-refractivity contribution < 1.29 is 9.53 Å². The van der Waals surface area contributed by atoms with E-state index in [0.29, 0.717) is 19.4 Å². The molecule has 0 saturated heterocycles. The van der Waals surface area contributed by atoms with Crippen molar-refractivity contribution in [3.63, 3.8) is 0 Å². The number of esters is 1. The lowest BCUT2D eigenvalue weighted by molar-refractivity contribution is -0.142. The Balaban J connectivity index is 2.22. The number of carbonyl (C=O) groups is 1. The fraction of sp³-hybridized carbons (Fsp3) is 0.214. The molecule has 2 nitrogen and oxygen atoms in total. The lowest BCUT2D eigenvalue weighted by atomic mass is 10.2. The molecule has 0 amide bonds. The predicted molar refractivity (Wildman–Crippen MR) is 65.9 cm³/mol. The van der Waals surface area contributed by atoms with Gasteiger partial charge in [-0.25, -0.2) is 0 Å². The summed E-state index contributed by atoms with van der Waals surface area (Å²) in [5, 5.41) is 0. The minimum atomic E-state index is -0.183. The van der Waals surface area contributed by atoms with Crippen LogP contribution in [0.3, 0.4) is 0 Å². The fourth-order valence-electron chi connectivity index (χ4n) is 1.18. The Kier molecular flexibility index (Phi) is 5.71. The summed E-state index contributed by atoms with van der Waals surface area (Å²) in [6.45, 7) is 3.87. The monoisotopic (exact) mass is 216 g/mol. The van der Waals surface area contributed by atoms with Gasteiger partial charge < -0.3 is 4.74 Å². The Bertz CT molecular complexity index is 352. The van der Waals surface area contributed by atoms with E-state index in [-0.39, 0.29) is 5.97 Å². The maximum Gasteiger partial charge on any atom is 0.306 e. The molecule has 1 aromatic rings. The Labute approximate surface area is 96.2 Å². The summed E-state index contributed by atoms with van der Waals surface area (Å²) in [5.41, 5.74) is 1.10. The number of benzene rings is 1. The molecule has 0 bridgehead atoms. The van der Waals surface area contributed by atoms with Gasteiger partial charge in [-0.1, -0.05) is 42.5 Å². The van der Waals surface area contributed by atoms with Crippen LogP contribution in [0, 0.1) is 0 Å².